The molecular formula is C32H34FN5O4. The van der Waals surface area contributed by atoms with Gasteiger partial charge in [-0.05, 0) is 61.0 Å². The summed E-state index contributed by atoms with van der Waals surface area (Å²) in [4.78, 5) is 36.1. The molecule has 0 bridgehead atoms. The number of rotatable bonds is 6. The Bertz CT molecular complexity index is 1620. The number of anilines is 2. The van der Waals surface area contributed by atoms with Crippen LogP contribution in [0.4, 0.5) is 16.1 Å². The number of piperazine rings is 1. The van der Waals surface area contributed by atoms with Crippen LogP contribution in [0.1, 0.15) is 21.5 Å². The Morgan fingerprint density at radius 1 is 0.952 bits per heavy atom. The summed E-state index contributed by atoms with van der Waals surface area (Å²) >= 11 is 0. The van der Waals surface area contributed by atoms with E-state index in [2.05, 4.69) is 22.2 Å². The first kappa shape index (κ1) is 27.9. The molecule has 2 aliphatic rings. The van der Waals surface area contributed by atoms with Gasteiger partial charge in [0.15, 0.2) is 5.58 Å². The number of ether oxygens (including phenoxy) is 1. The van der Waals surface area contributed by atoms with Gasteiger partial charge < -0.3 is 29.2 Å². The van der Waals surface area contributed by atoms with Crippen molar-refractivity contribution in [3.63, 3.8) is 0 Å². The van der Waals surface area contributed by atoms with Crippen molar-refractivity contribution in [2.75, 3.05) is 64.8 Å². The molecule has 0 unspecified atom stereocenters. The maximum absolute atomic E-state index is 15.1. The monoisotopic (exact) mass is 571 g/mol. The Morgan fingerprint density at radius 2 is 1.74 bits per heavy atom. The Kier molecular flexibility index (Phi) is 7.90. The number of aromatic nitrogens is 1. The summed E-state index contributed by atoms with van der Waals surface area (Å²) in [5, 5.41) is 3.20. The Hall–Kier alpha value is -4.28. The van der Waals surface area contributed by atoms with Crippen molar-refractivity contribution in [2.45, 2.75) is 13.3 Å². The zero-order valence-electron chi connectivity index (χ0n) is 23.9. The van der Waals surface area contributed by atoms with E-state index in [1.54, 1.807) is 17.0 Å². The lowest BCUT2D eigenvalue weighted by Crippen LogP contribution is -2.47. The van der Waals surface area contributed by atoms with E-state index in [9.17, 15) is 9.59 Å². The van der Waals surface area contributed by atoms with Gasteiger partial charge in [0.05, 0.1) is 19.6 Å². The van der Waals surface area contributed by atoms with Gasteiger partial charge in [-0.1, -0.05) is 24.3 Å². The molecule has 2 amide bonds. The maximum atomic E-state index is 15.1. The Morgan fingerprint density at radius 3 is 2.48 bits per heavy atom. The molecule has 1 aromatic heterocycles. The van der Waals surface area contributed by atoms with Crippen LogP contribution in [0, 0.1) is 12.7 Å². The van der Waals surface area contributed by atoms with E-state index in [1.807, 2.05) is 48.2 Å². The number of para-hydroxylation sites is 1. The molecule has 0 saturated carbocycles. The maximum Gasteiger partial charge on any atom is 0.300 e. The van der Waals surface area contributed by atoms with Crippen molar-refractivity contribution < 1.29 is 23.1 Å². The second-order valence-electron chi connectivity index (χ2n) is 10.9. The number of carbonyl (C=O) groups excluding carboxylic acids is 2. The number of hydrogen-bond donors (Lipinski definition) is 1. The number of amides is 2. The SMILES string of the molecule is Cc1cc(Nc2nc3cccc(-c4ccc(CC(=O)N5CCOCC5)c(F)c4)c3o2)ccc1C(=O)N1CCN(C)CC1. The van der Waals surface area contributed by atoms with Gasteiger partial charge in [0.25, 0.3) is 11.9 Å². The van der Waals surface area contributed by atoms with Gasteiger partial charge in [-0.25, -0.2) is 4.39 Å². The fourth-order valence-electron chi connectivity index (χ4n) is 5.46. The zero-order chi connectivity index (χ0) is 29.2. The van der Waals surface area contributed by atoms with Crippen LogP contribution in [0.5, 0.6) is 0 Å². The van der Waals surface area contributed by atoms with Crippen molar-refractivity contribution in [2.24, 2.45) is 0 Å². The second kappa shape index (κ2) is 11.9. The molecule has 0 spiro atoms. The molecular weight excluding hydrogens is 537 g/mol. The minimum Gasteiger partial charge on any atom is -0.423 e. The number of nitrogens with one attached hydrogen (secondary N) is 1. The number of oxazole rings is 1. The lowest BCUT2D eigenvalue weighted by Gasteiger charge is -2.32. The third-order valence-corrected chi connectivity index (χ3v) is 7.98. The molecule has 0 aliphatic carbocycles. The largest absolute Gasteiger partial charge is 0.423 e. The lowest BCUT2D eigenvalue weighted by atomic mass is 10.0. The Labute approximate surface area is 243 Å². The van der Waals surface area contributed by atoms with Crippen molar-refractivity contribution in [1.82, 2.24) is 19.7 Å². The molecule has 3 heterocycles. The number of hydrogen-bond acceptors (Lipinski definition) is 7. The molecule has 2 fully saturated rings. The molecule has 9 nitrogen and oxygen atoms in total. The molecule has 2 saturated heterocycles. The lowest BCUT2D eigenvalue weighted by molar-refractivity contribution is -0.134. The third-order valence-electron chi connectivity index (χ3n) is 7.98. The molecule has 6 rings (SSSR count). The van der Waals surface area contributed by atoms with Gasteiger partial charge in [-0.15, -0.1) is 0 Å². The predicted molar refractivity (Wildman–Crippen MR) is 158 cm³/mol. The van der Waals surface area contributed by atoms with Crippen molar-refractivity contribution in [3.05, 3.63) is 77.1 Å². The number of halogens is 1. The van der Waals surface area contributed by atoms with Gasteiger partial charge in [0, 0.05) is 56.1 Å². The van der Waals surface area contributed by atoms with E-state index in [0.29, 0.717) is 65.7 Å². The smallest absolute Gasteiger partial charge is 0.300 e. The molecule has 2 aliphatic heterocycles. The average molecular weight is 572 g/mol. The highest BCUT2D eigenvalue weighted by molar-refractivity contribution is 5.96. The molecule has 1 N–H and O–H groups in total. The predicted octanol–water partition coefficient (Wildman–Crippen LogP) is 4.47. The quantitative estimate of drug-likeness (QED) is 0.365. The van der Waals surface area contributed by atoms with Gasteiger partial charge in [0.1, 0.15) is 11.3 Å². The van der Waals surface area contributed by atoms with Crippen LogP contribution < -0.4 is 5.32 Å². The van der Waals surface area contributed by atoms with E-state index in [0.717, 1.165) is 37.4 Å². The second-order valence-corrected chi connectivity index (χ2v) is 10.9. The van der Waals surface area contributed by atoms with Crippen molar-refractivity contribution in [1.29, 1.82) is 0 Å². The van der Waals surface area contributed by atoms with Crippen LogP contribution >= 0.6 is 0 Å². The van der Waals surface area contributed by atoms with Crippen LogP contribution in [0.15, 0.2) is 59.0 Å². The number of benzene rings is 3. The average Bonchev–Trinajstić information content (AvgIpc) is 3.41. The molecule has 42 heavy (non-hydrogen) atoms. The van der Waals surface area contributed by atoms with E-state index < -0.39 is 5.82 Å². The number of likely N-dealkylation sites (N-methyl/N-ethyl adjacent to an activating group) is 1. The van der Waals surface area contributed by atoms with E-state index in [1.165, 1.54) is 6.07 Å². The van der Waals surface area contributed by atoms with E-state index in [4.69, 9.17) is 9.15 Å². The molecule has 0 atom stereocenters. The summed E-state index contributed by atoms with van der Waals surface area (Å²) in [5.74, 6) is -0.502. The van der Waals surface area contributed by atoms with Gasteiger partial charge in [-0.3, -0.25) is 9.59 Å². The summed E-state index contributed by atoms with van der Waals surface area (Å²) in [6.07, 6.45) is 0.00582. The number of nitrogens with zero attached hydrogens (tertiary/aromatic N) is 4. The highest BCUT2D eigenvalue weighted by Gasteiger charge is 2.22. The highest BCUT2D eigenvalue weighted by Crippen LogP contribution is 2.33. The standard InChI is InChI=1S/C32H34FN5O4/c1-21-18-24(8-9-25(21)31(40)38-12-10-36(2)11-13-38)34-32-35-28-5-3-4-26(30(28)42-32)22-6-7-23(27(33)19-22)20-29(39)37-14-16-41-17-15-37/h3-9,18-19H,10-17,20H2,1-2H3,(H,34,35). The van der Waals surface area contributed by atoms with Crippen LogP contribution in [-0.2, 0) is 16.0 Å². The third kappa shape index (κ3) is 5.86. The first-order chi connectivity index (χ1) is 20.4. The minimum atomic E-state index is -0.439. The molecule has 0 radical (unpaired) electrons. The molecule has 218 valence electrons. The first-order valence-electron chi connectivity index (χ1n) is 14.2. The fourth-order valence-corrected chi connectivity index (χ4v) is 5.46. The van der Waals surface area contributed by atoms with Crippen LogP contribution in [0.3, 0.4) is 0 Å². The summed E-state index contributed by atoms with van der Waals surface area (Å²) < 4.78 is 26.5. The topological polar surface area (TPSA) is 91.2 Å². The van der Waals surface area contributed by atoms with E-state index in [-0.39, 0.29) is 18.2 Å². The number of carbonyl (C=O) groups is 2. The number of fused-ring (bicyclic) bond motifs is 1. The molecule has 3 aromatic carbocycles. The van der Waals surface area contributed by atoms with E-state index >= 15 is 4.39 Å². The van der Waals surface area contributed by atoms with Crippen molar-refractivity contribution in [3.8, 4) is 11.1 Å². The van der Waals surface area contributed by atoms with Crippen LogP contribution in [0.25, 0.3) is 22.2 Å². The van der Waals surface area contributed by atoms with Crippen LogP contribution in [-0.4, -0.2) is 91.0 Å². The minimum absolute atomic E-state index is 0.00582. The summed E-state index contributed by atoms with van der Waals surface area (Å²) in [6.45, 7) is 7.18. The van der Waals surface area contributed by atoms with Crippen LogP contribution in [0.2, 0.25) is 0 Å². The molecule has 4 aromatic rings. The zero-order valence-corrected chi connectivity index (χ0v) is 23.9. The number of morpholine rings is 1. The fraction of sp³-hybridized carbons (Fsp3) is 0.344. The summed E-state index contributed by atoms with van der Waals surface area (Å²) in [6, 6.07) is 16.3. The summed E-state index contributed by atoms with van der Waals surface area (Å²) in [5.41, 5.74) is 5.12. The van der Waals surface area contributed by atoms with Gasteiger partial charge >= 0.3 is 0 Å². The van der Waals surface area contributed by atoms with Crippen molar-refractivity contribution >= 4 is 34.6 Å². The molecule has 10 heteroatoms. The number of aryl methyl sites for hydroxylation is 1. The normalized spacial score (nSPS) is 16.2. The first-order valence-corrected chi connectivity index (χ1v) is 14.2. The van der Waals surface area contributed by atoms with Gasteiger partial charge in [0.2, 0.25) is 5.91 Å². The summed E-state index contributed by atoms with van der Waals surface area (Å²) in [7, 11) is 2.06. The Balaban J connectivity index is 1.18. The highest BCUT2D eigenvalue weighted by atomic mass is 19.1. The van der Waals surface area contributed by atoms with Gasteiger partial charge in [-0.2, -0.15) is 4.98 Å².